The molecule has 0 aliphatic heterocycles. The number of esters is 4. The van der Waals surface area contributed by atoms with Crippen LogP contribution in [0.5, 0.6) is 0 Å². The van der Waals surface area contributed by atoms with Crippen molar-refractivity contribution < 1.29 is 38.1 Å². The number of hydrogen-bond donors (Lipinski definition) is 0. The zero-order valence-corrected chi connectivity index (χ0v) is 18.9. The maximum Gasteiger partial charge on any atom is 0.305 e. The fourth-order valence-corrected chi connectivity index (χ4v) is 5.48. The smallest absolute Gasteiger partial charge is 0.305 e. The van der Waals surface area contributed by atoms with Crippen LogP contribution in [0.4, 0.5) is 0 Å². The van der Waals surface area contributed by atoms with E-state index < -0.39 is 55.5 Å². The Labute approximate surface area is 158 Å². The highest BCUT2D eigenvalue weighted by Gasteiger charge is 2.16. The number of carbonyl (C=O) groups excluding carboxylic acids is 4. The van der Waals surface area contributed by atoms with E-state index in [-0.39, 0.29) is 0 Å². The molecule has 26 heavy (non-hydrogen) atoms. The van der Waals surface area contributed by atoms with Gasteiger partial charge in [-0.15, -0.1) is 0 Å². The molecule has 0 aliphatic rings. The monoisotopic (exact) mass is 406 g/mol. The van der Waals surface area contributed by atoms with Crippen LogP contribution in [0.2, 0.25) is 24.2 Å². The molecule has 0 radical (unpaired) electrons. The molecule has 150 valence electrons. The Morgan fingerprint density at radius 3 is 1.12 bits per heavy atom. The van der Waals surface area contributed by atoms with E-state index in [4.69, 9.17) is 18.9 Å². The molecule has 0 saturated heterocycles. The van der Waals surface area contributed by atoms with Gasteiger partial charge < -0.3 is 18.9 Å². The van der Waals surface area contributed by atoms with Crippen molar-refractivity contribution in [3.8, 4) is 0 Å². The molecule has 0 N–H and O–H groups in total. The maximum absolute atomic E-state index is 11.0. The minimum absolute atomic E-state index is 0.452. The van der Waals surface area contributed by atoms with Gasteiger partial charge in [0.15, 0.2) is 0 Å². The summed E-state index contributed by atoms with van der Waals surface area (Å²) in [7, 11) is -0.960. The topological polar surface area (TPSA) is 105 Å². The molecule has 10 heteroatoms. The molecule has 0 heterocycles. The van der Waals surface area contributed by atoms with E-state index >= 15 is 0 Å². The Bertz CT molecular complexity index is 395. The summed E-state index contributed by atoms with van der Waals surface area (Å²) in [4.78, 5) is 43.9. The first-order chi connectivity index (χ1) is 12.2. The van der Waals surface area contributed by atoms with Crippen molar-refractivity contribution in [2.75, 3.05) is 0 Å². The Hall–Kier alpha value is -1.69. The van der Waals surface area contributed by atoms with Crippen LogP contribution in [0.1, 0.15) is 40.5 Å². The molecule has 0 aliphatic carbocycles. The lowest BCUT2D eigenvalue weighted by Gasteiger charge is -2.16. The highest BCUT2D eigenvalue weighted by Crippen LogP contribution is 2.09. The van der Waals surface area contributed by atoms with E-state index in [1.807, 2.05) is 0 Å². The van der Waals surface area contributed by atoms with Crippen molar-refractivity contribution in [1.29, 1.82) is 0 Å². The molecule has 0 bridgehead atoms. The SMILES string of the molecule is CC(=O)OC(C[SiH2]CCCC[SiH2]CC(OC(C)=O)OC(C)=O)OC(C)=O. The largest absolute Gasteiger partial charge is 0.426 e. The van der Waals surface area contributed by atoms with Crippen molar-refractivity contribution >= 4 is 42.9 Å². The van der Waals surface area contributed by atoms with Crippen molar-refractivity contribution in [2.45, 2.75) is 77.3 Å². The molecule has 0 aromatic heterocycles. The van der Waals surface area contributed by atoms with Crippen LogP contribution in [0.25, 0.3) is 0 Å². The van der Waals surface area contributed by atoms with Gasteiger partial charge in [0.1, 0.15) is 0 Å². The summed E-state index contributed by atoms with van der Waals surface area (Å²) < 4.78 is 19.9. The summed E-state index contributed by atoms with van der Waals surface area (Å²) in [6, 6.07) is 3.39. The van der Waals surface area contributed by atoms with Gasteiger partial charge in [-0.05, 0) is 0 Å². The highest BCUT2D eigenvalue weighted by atomic mass is 28.2. The summed E-state index contributed by atoms with van der Waals surface area (Å²) in [6.07, 6.45) is 0.633. The summed E-state index contributed by atoms with van der Waals surface area (Å²) in [6.45, 7) is 5.17. The van der Waals surface area contributed by atoms with Gasteiger partial charge in [0.05, 0.1) is 0 Å². The zero-order valence-electron chi connectivity index (χ0n) is 16.1. The fourth-order valence-electron chi connectivity index (χ4n) is 2.35. The van der Waals surface area contributed by atoms with Crippen molar-refractivity contribution in [3.63, 3.8) is 0 Å². The molecule has 0 unspecified atom stereocenters. The summed E-state index contributed by atoms with van der Waals surface area (Å²) in [5, 5.41) is 0. The molecule has 0 amide bonds. The summed E-state index contributed by atoms with van der Waals surface area (Å²) >= 11 is 0. The maximum atomic E-state index is 11.0. The van der Waals surface area contributed by atoms with Crippen LogP contribution >= 0.6 is 0 Å². The van der Waals surface area contributed by atoms with Crippen molar-refractivity contribution in [3.05, 3.63) is 0 Å². The molecule has 0 fully saturated rings. The Morgan fingerprint density at radius 1 is 0.615 bits per heavy atom. The quantitative estimate of drug-likeness (QED) is 0.190. The van der Waals surface area contributed by atoms with Gasteiger partial charge in [-0.2, -0.15) is 0 Å². The number of rotatable bonds is 13. The lowest BCUT2D eigenvalue weighted by molar-refractivity contribution is -0.183. The zero-order chi connectivity index (χ0) is 19.9. The second-order valence-corrected chi connectivity index (χ2v) is 9.98. The van der Waals surface area contributed by atoms with E-state index in [0.717, 1.165) is 24.9 Å². The lowest BCUT2D eigenvalue weighted by atomic mass is 10.4. The minimum atomic E-state index is -0.751. The Kier molecular flexibility index (Phi) is 13.5. The van der Waals surface area contributed by atoms with Crippen molar-refractivity contribution in [2.24, 2.45) is 0 Å². The lowest BCUT2D eigenvalue weighted by Crippen LogP contribution is -2.24. The normalized spacial score (nSPS) is 11.5. The Balaban J connectivity index is 3.83. The third-order valence-corrected chi connectivity index (χ3v) is 7.08. The molecule has 0 saturated carbocycles. The summed E-state index contributed by atoms with van der Waals surface area (Å²) in [5.74, 6) is -1.81. The minimum Gasteiger partial charge on any atom is -0.426 e. The molecule has 0 spiro atoms. The molecular formula is C16H30O8Si2. The average molecular weight is 407 g/mol. The first-order valence-electron chi connectivity index (χ1n) is 8.89. The van der Waals surface area contributed by atoms with Gasteiger partial charge in [0.25, 0.3) is 0 Å². The molecule has 0 aromatic rings. The van der Waals surface area contributed by atoms with E-state index in [1.54, 1.807) is 0 Å². The van der Waals surface area contributed by atoms with Crippen molar-refractivity contribution in [1.82, 2.24) is 0 Å². The number of carbonyl (C=O) groups is 4. The fraction of sp³-hybridized carbons (Fsp3) is 0.750. The summed E-state index contributed by atoms with van der Waals surface area (Å²) in [5.41, 5.74) is 0. The predicted molar refractivity (Wildman–Crippen MR) is 100 cm³/mol. The Morgan fingerprint density at radius 2 is 0.885 bits per heavy atom. The second kappa shape index (κ2) is 14.5. The number of ether oxygens (including phenoxy) is 4. The third kappa shape index (κ3) is 15.8. The van der Waals surface area contributed by atoms with Gasteiger partial charge >= 0.3 is 23.9 Å². The average Bonchev–Trinajstić information content (AvgIpc) is 2.47. The molecular weight excluding hydrogens is 376 g/mol. The van der Waals surface area contributed by atoms with Gasteiger partial charge in [-0.3, -0.25) is 19.2 Å². The van der Waals surface area contributed by atoms with E-state index in [9.17, 15) is 19.2 Å². The molecule has 0 rings (SSSR count). The van der Waals surface area contributed by atoms with E-state index in [0.29, 0.717) is 12.1 Å². The highest BCUT2D eigenvalue weighted by molar-refractivity contribution is 6.36. The first kappa shape index (κ1) is 24.3. The molecule has 0 atom stereocenters. The molecule has 0 aromatic carbocycles. The van der Waals surface area contributed by atoms with Gasteiger partial charge in [0, 0.05) is 58.8 Å². The predicted octanol–water partition coefficient (Wildman–Crippen LogP) is 0.682. The van der Waals surface area contributed by atoms with Crippen LogP contribution in [0, 0.1) is 0 Å². The van der Waals surface area contributed by atoms with Crippen LogP contribution in [-0.4, -0.2) is 55.5 Å². The van der Waals surface area contributed by atoms with Crippen LogP contribution in [0.3, 0.4) is 0 Å². The van der Waals surface area contributed by atoms with Gasteiger partial charge in [-0.1, -0.05) is 24.9 Å². The van der Waals surface area contributed by atoms with E-state index in [2.05, 4.69) is 0 Å². The standard InChI is InChI=1S/C16H30O8Si2/c1-11(17)21-15(22-12(2)18)9-25-7-5-6-8-26-10-16(23-13(3)19)24-14(4)20/h15-16H,5-10,25-26H2,1-4H3. The third-order valence-electron chi connectivity index (χ3n) is 3.32. The van der Waals surface area contributed by atoms with E-state index in [1.165, 1.54) is 27.7 Å². The first-order valence-corrected chi connectivity index (χ1v) is 12.9. The second-order valence-electron chi connectivity index (χ2n) is 6.00. The van der Waals surface area contributed by atoms with Crippen LogP contribution < -0.4 is 0 Å². The number of unbranched alkanes of at least 4 members (excludes halogenated alkanes) is 1. The van der Waals surface area contributed by atoms with Crippen LogP contribution in [0.15, 0.2) is 0 Å². The number of hydrogen-bond acceptors (Lipinski definition) is 8. The molecule has 8 nitrogen and oxygen atoms in total. The van der Waals surface area contributed by atoms with Gasteiger partial charge in [-0.25, -0.2) is 0 Å². The van der Waals surface area contributed by atoms with Crippen LogP contribution in [-0.2, 0) is 38.1 Å². The van der Waals surface area contributed by atoms with Gasteiger partial charge in [0.2, 0.25) is 12.6 Å².